The van der Waals surface area contributed by atoms with Crippen molar-refractivity contribution in [3.8, 4) is 6.07 Å². The molecule has 0 bridgehead atoms. The fraction of sp³-hybridized carbons (Fsp3) is 0.875. The smallest absolute Gasteiger partial charge is 0.166 e. The fourth-order valence-electron chi connectivity index (χ4n) is 0.847. The maximum absolute atomic E-state index is 9.07. The summed E-state index contributed by atoms with van der Waals surface area (Å²) >= 11 is 0. The number of nitrogens with zero attached hydrogens (tertiary/aromatic N) is 1. The van der Waals surface area contributed by atoms with Crippen molar-refractivity contribution in [1.82, 2.24) is 0 Å². The summed E-state index contributed by atoms with van der Waals surface area (Å²) in [6.07, 6.45) is 1.42. The fourth-order valence-corrected chi connectivity index (χ4v) is 0.847. The van der Waals surface area contributed by atoms with Crippen LogP contribution in [0.2, 0.25) is 0 Å². The summed E-state index contributed by atoms with van der Waals surface area (Å²) in [7, 11) is 0. The summed E-state index contributed by atoms with van der Waals surface area (Å²) in [4.78, 5) is 0. The molecule has 2 atom stereocenters. The average Bonchev–Trinajstić information content (AvgIpc) is 2.03. The second-order valence-corrected chi connectivity index (χ2v) is 2.64. The molecule has 0 saturated heterocycles. The first-order chi connectivity index (χ1) is 5.22. The zero-order valence-electron chi connectivity index (χ0n) is 6.82. The molecule has 0 fully saturated rings. The molecule has 0 aromatic rings. The molecule has 0 radical (unpaired) electrons. The zero-order chi connectivity index (χ0) is 8.69. The Kier molecular flexibility index (Phi) is 5.81. The quantitative estimate of drug-likeness (QED) is 0.458. The molecule has 0 amide bonds. The Hall–Kier alpha value is -0.590. The van der Waals surface area contributed by atoms with Crippen LogP contribution < -0.4 is 0 Å². The van der Waals surface area contributed by atoms with E-state index in [0.29, 0.717) is 6.42 Å². The Bertz CT molecular complexity index is 131. The Morgan fingerprint density at radius 3 is 2.45 bits per heavy atom. The third kappa shape index (κ3) is 4.77. The predicted molar refractivity (Wildman–Crippen MR) is 41.8 cm³/mol. The van der Waals surface area contributed by atoms with Gasteiger partial charge in [0, 0.05) is 0 Å². The third-order valence-electron chi connectivity index (χ3n) is 1.60. The van der Waals surface area contributed by atoms with Gasteiger partial charge in [-0.05, 0) is 6.42 Å². The van der Waals surface area contributed by atoms with E-state index in [-0.39, 0.29) is 0 Å². The predicted octanol–water partition coefficient (Wildman–Crippen LogP) is 0.812. The zero-order valence-corrected chi connectivity index (χ0v) is 6.82. The lowest BCUT2D eigenvalue weighted by Gasteiger charge is -2.09. The van der Waals surface area contributed by atoms with Crippen molar-refractivity contribution in [3.05, 3.63) is 0 Å². The van der Waals surface area contributed by atoms with Crippen LogP contribution in [-0.2, 0) is 0 Å². The first kappa shape index (κ1) is 10.4. The molecule has 0 spiro atoms. The Balaban J connectivity index is 3.37. The molecule has 3 heteroatoms. The van der Waals surface area contributed by atoms with E-state index in [9.17, 15) is 0 Å². The summed E-state index contributed by atoms with van der Waals surface area (Å²) < 4.78 is 0. The second-order valence-electron chi connectivity index (χ2n) is 2.64. The molecule has 0 aromatic heterocycles. The van der Waals surface area contributed by atoms with Crippen molar-refractivity contribution in [2.24, 2.45) is 0 Å². The van der Waals surface area contributed by atoms with Crippen molar-refractivity contribution in [2.45, 2.75) is 44.8 Å². The monoisotopic (exact) mass is 157 g/mol. The van der Waals surface area contributed by atoms with E-state index < -0.39 is 12.2 Å². The highest BCUT2D eigenvalue weighted by atomic mass is 16.3. The van der Waals surface area contributed by atoms with Gasteiger partial charge in [0.25, 0.3) is 0 Å². The molecule has 0 aliphatic carbocycles. The number of hydrogen-bond donors (Lipinski definition) is 2. The van der Waals surface area contributed by atoms with E-state index in [1.165, 1.54) is 0 Å². The third-order valence-corrected chi connectivity index (χ3v) is 1.60. The van der Waals surface area contributed by atoms with Crippen molar-refractivity contribution < 1.29 is 10.2 Å². The van der Waals surface area contributed by atoms with Gasteiger partial charge in [-0.1, -0.05) is 26.2 Å². The Morgan fingerprint density at radius 2 is 2.00 bits per heavy atom. The Labute approximate surface area is 67.3 Å². The van der Waals surface area contributed by atoms with Crippen LogP contribution in [0.4, 0.5) is 0 Å². The summed E-state index contributed by atoms with van der Waals surface area (Å²) in [5.74, 6) is 0. The molecule has 2 N–H and O–H groups in total. The second kappa shape index (κ2) is 6.14. The van der Waals surface area contributed by atoms with Crippen molar-refractivity contribution in [3.63, 3.8) is 0 Å². The number of nitriles is 1. The van der Waals surface area contributed by atoms with Crippen molar-refractivity contribution >= 4 is 0 Å². The van der Waals surface area contributed by atoms with Crippen molar-refractivity contribution in [2.75, 3.05) is 0 Å². The number of hydrogen-bond acceptors (Lipinski definition) is 3. The van der Waals surface area contributed by atoms with Crippen LogP contribution in [0.15, 0.2) is 0 Å². The normalized spacial score (nSPS) is 15.5. The van der Waals surface area contributed by atoms with E-state index >= 15 is 0 Å². The van der Waals surface area contributed by atoms with Gasteiger partial charge in [0.05, 0.1) is 12.2 Å². The highest BCUT2D eigenvalue weighted by Gasteiger charge is 2.13. The molecular formula is C8H15NO2. The SMILES string of the molecule is CCCCC[C@@H](O)[C@H](O)C#N. The van der Waals surface area contributed by atoms with Crippen LogP contribution in [0.5, 0.6) is 0 Å². The molecule has 0 aliphatic rings. The molecule has 0 saturated carbocycles. The first-order valence-electron chi connectivity index (χ1n) is 3.98. The van der Waals surface area contributed by atoms with Gasteiger partial charge in [-0.25, -0.2) is 0 Å². The van der Waals surface area contributed by atoms with Gasteiger partial charge in [0.1, 0.15) is 0 Å². The van der Waals surface area contributed by atoms with Crippen LogP contribution in [0.3, 0.4) is 0 Å². The minimum Gasteiger partial charge on any atom is -0.389 e. The van der Waals surface area contributed by atoms with Crippen LogP contribution in [0.1, 0.15) is 32.6 Å². The maximum atomic E-state index is 9.07. The van der Waals surface area contributed by atoms with E-state index in [0.717, 1.165) is 19.3 Å². The van der Waals surface area contributed by atoms with Crippen molar-refractivity contribution in [1.29, 1.82) is 5.26 Å². The highest BCUT2D eigenvalue weighted by Crippen LogP contribution is 2.05. The summed E-state index contributed by atoms with van der Waals surface area (Å²) in [5, 5.41) is 26.1. The van der Waals surface area contributed by atoms with E-state index in [1.54, 1.807) is 6.07 Å². The number of aliphatic hydroxyl groups is 2. The molecule has 3 nitrogen and oxygen atoms in total. The molecule has 64 valence electrons. The minimum absolute atomic E-state index is 0.516. The number of aliphatic hydroxyl groups excluding tert-OH is 2. The lowest BCUT2D eigenvalue weighted by atomic mass is 10.1. The van der Waals surface area contributed by atoms with E-state index in [2.05, 4.69) is 6.92 Å². The molecule has 0 rings (SSSR count). The van der Waals surface area contributed by atoms with Crippen LogP contribution in [-0.4, -0.2) is 22.4 Å². The van der Waals surface area contributed by atoms with E-state index in [4.69, 9.17) is 15.5 Å². The van der Waals surface area contributed by atoms with Crippen LogP contribution in [0, 0.1) is 11.3 Å². The van der Waals surface area contributed by atoms with Gasteiger partial charge in [0.15, 0.2) is 6.10 Å². The highest BCUT2D eigenvalue weighted by molar-refractivity contribution is 4.87. The lowest BCUT2D eigenvalue weighted by Crippen LogP contribution is -2.23. The van der Waals surface area contributed by atoms with Crippen LogP contribution >= 0.6 is 0 Å². The molecule has 0 aliphatic heterocycles. The number of rotatable bonds is 5. The first-order valence-corrected chi connectivity index (χ1v) is 3.98. The average molecular weight is 157 g/mol. The van der Waals surface area contributed by atoms with Gasteiger partial charge < -0.3 is 10.2 Å². The topological polar surface area (TPSA) is 64.2 Å². The molecule has 0 aromatic carbocycles. The van der Waals surface area contributed by atoms with Gasteiger partial charge in [-0.2, -0.15) is 5.26 Å². The van der Waals surface area contributed by atoms with Gasteiger partial charge in [-0.15, -0.1) is 0 Å². The lowest BCUT2D eigenvalue weighted by molar-refractivity contribution is 0.0458. The van der Waals surface area contributed by atoms with Gasteiger partial charge in [-0.3, -0.25) is 0 Å². The van der Waals surface area contributed by atoms with Gasteiger partial charge in [0.2, 0.25) is 0 Å². The maximum Gasteiger partial charge on any atom is 0.166 e. The van der Waals surface area contributed by atoms with Crippen LogP contribution in [0.25, 0.3) is 0 Å². The summed E-state index contributed by atoms with van der Waals surface area (Å²) in [6.45, 7) is 2.06. The molecule has 0 heterocycles. The van der Waals surface area contributed by atoms with Gasteiger partial charge >= 0.3 is 0 Å². The Morgan fingerprint density at radius 1 is 1.36 bits per heavy atom. The summed E-state index contributed by atoms with van der Waals surface area (Å²) in [5.41, 5.74) is 0. The minimum atomic E-state index is -1.22. The number of unbranched alkanes of at least 4 members (excludes halogenated alkanes) is 2. The molecular weight excluding hydrogens is 142 g/mol. The molecule has 0 unspecified atom stereocenters. The molecule has 11 heavy (non-hydrogen) atoms. The standard InChI is InChI=1S/C8H15NO2/c1-2-3-4-5-7(10)8(11)6-9/h7-8,10-11H,2-5H2,1H3/t7-,8-/m1/s1. The largest absolute Gasteiger partial charge is 0.389 e. The van der Waals surface area contributed by atoms with E-state index in [1.807, 2.05) is 0 Å². The summed E-state index contributed by atoms with van der Waals surface area (Å²) in [6, 6.07) is 1.60.